The molecule has 0 saturated carbocycles. The van der Waals surface area contributed by atoms with Gasteiger partial charge in [0.05, 0.1) is 21.7 Å². The minimum atomic E-state index is -4.52. The minimum absolute atomic E-state index is 0.0160. The third-order valence-electron chi connectivity index (χ3n) is 2.73. The van der Waals surface area contributed by atoms with Crippen LogP contribution in [0.2, 0.25) is 0 Å². The van der Waals surface area contributed by atoms with Crippen molar-refractivity contribution in [1.82, 2.24) is 4.98 Å². The molecule has 25 heavy (non-hydrogen) atoms. The molecule has 1 N–H and O–H groups in total. The first kappa shape index (κ1) is 18.4. The van der Waals surface area contributed by atoms with Crippen molar-refractivity contribution >= 4 is 21.4 Å². The lowest BCUT2D eigenvalue weighted by Gasteiger charge is -2.10. The number of halogens is 3. The van der Waals surface area contributed by atoms with Crippen LogP contribution in [0.3, 0.4) is 0 Å². The number of benzene rings is 1. The third kappa shape index (κ3) is 5.31. The van der Waals surface area contributed by atoms with Gasteiger partial charge < -0.3 is 4.74 Å². The van der Waals surface area contributed by atoms with Gasteiger partial charge in [-0.1, -0.05) is 0 Å². The number of alkyl halides is 3. The lowest BCUT2D eigenvalue weighted by molar-refractivity contribution is -0.384. The summed E-state index contributed by atoms with van der Waals surface area (Å²) >= 11 is 0. The summed E-state index contributed by atoms with van der Waals surface area (Å²) in [5, 5.41) is 10.6. The summed E-state index contributed by atoms with van der Waals surface area (Å²) in [4.78, 5) is 13.2. The number of hydrogen-bond donors (Lipinski definition) is 1. The van der Waals surface area contributed by atoms with Gasteiger partial charge in [-0.2, -0.15) is 13.2 Å². The second kappa shape index (κ2) is 6.93. The number of anilines is 1. The van der Waals surface area contributed by atoms with Gasteiger partial charge in [0, 0.05) is 18.2 Å². The number of hydrogen-bond acceptors (Lipinski definition) is 6. The fourth-order valence-electron chi connectivity index (χ4n) is 1.64. The van der Waals surface area contributed by atoms with E-state index in [4.69, 9.17) is 0 Å². The van der Waals surface area contributed by atoms with E-state index < -0.39 is 27.7 Å². The Bertz CT molecular complexity index is 852. The number of nitro groups is 1. The number of pyridine rings is 1. The normalized spacial score (nSPS) is 11.8. The highest BCUT2D eigenvalue weighted by Crippen LogP contribution is 2.21. The molecular formula is C13H10F3N3O5S. The van der Waals surface area contributed by atoms with Crippen molar-refractivity contribution in [2.75, 3.05) is 11.3 Å². The van der Waals surface area contributed by atoms with Gasteiger partial charge in [-0.15, -0.1) is 0 Å². The van der Waals surface area contributed by atoms with Gasteiger partial charge in [-0.25, -0.2) is 13.4 Å². The average Bonchev–Trinajstić information content (AvgIpc) is 2.53. The lowest BCUT2D eigenvalue weighted by Crippen LogP contribution is -2.19. The predicted molar refractivity (Wildman–Crippen MR) is 79.7 cm³/mol. The van der Waals surface area contributed by atoms with Gasteiger partial charge in [0.1, 0.15) is 0 Å². The van der Waals surface area contributed by atoms with Gasteiger partial charge in [0.15, 0.2) is 6.61 Å². The van der Waals surface area contributed by atoms with E-state index in [9.17, 15) is 31.7 Å². The van der Waals surface area contributed by atoms with Crippen LogP contribution in [0.25, 0.3) is 0 Å². The van der Waals surface area contributed by atoms with Crippen molar-refractivity contribution in [3.05, 3.63) is 52.7 Å². The van der Waals surface area contributed by atoms with E-state index in [1.165, 1.54) is 6.07 Å². The van der Waals surface area contributed by atoms with Crippen LogP contribution in [-0.4, -0.2) is 31.1 Å². The van der Waals surface area contributed by atoms with Crippen LogP contribution >= 0.6 is 0 Å². The Hall–Kier alpha value is -2.89. The monoisotopic (exact) mass is 377 g/mol. The number of nitrogens with zero attached hydrogens (tertiary/aromatic N) is 2. The van der Waals surface area contributed by atoms with Crippen LogP contribution in [0.5, 0.6) is 5.88 Å². The van der Waals surface area contributed by atoms with Crippen molar-refractivity contribution < 1.29 is 31.2 Å². The minimum Gasteiger partial charge on any atom is -0.468 e. The average molecular weight is 377 g/mol. The molecule has 0 radical (unpaired) electrons. The Kier molecular flexibility index (Phi) is 5.11. The smallest absolute Gasteiger partial charge is 0.422 e. The van der Waals surface area contributed by atoms with Crippen molar-refractivity contribution in [3.63, 3.8) is 0 Å². The Labute approximate surface area is 139 Å². The van der Waals surface area contributed by atoms with Crippen LogP contribution in [0, 0.1) is 10.1 Å². The first-order chi connectivity index (χ1) is 11.6. The first-order valence-corrected chi connectivity index (χ1v) is 7.98. The highest BCUT2D eigenvalue weighted by molar-refractivity contribution is 7.92. The number of ether oxygens (including phenoxy) is 1. The highest BCUT2D eigenvalue weighted by atomic mass is 32.2. The maximum absolute atomic E-state index is 12.1. The SMILES string of the molecule is O=[N+]([O-])c1ccc(S(=O)(=O)Nc2ccc(OCC(F)(F)F)nc2)cc1. The van der Waals surface area contributed by atoms with Gasteiger partial charge in [0.25, 0.3) is 15.7 Å². The van der Waals surface area contributed by atoms with Crippen molar-refractivity contribution in [1.29, 1.82) is 0 Å². The van der Waals surface area contributed by atoms with Crippen LogP contribution in [-0.2, 0) is 10.0 Å². The summed E-state index contributed by atoms with van der Waals surface area (Å²) in [7, 11) is -4.04. The quantitative estimate of drug-likeness (QED) is 0.612. The van der Waals surface area contributed by atoms with Gasteiger partial charge in [0.2, 0.25) is 5.88 Å². The number of rotatable bonds is 6. The molecule has 0 bridgehead atoms. The Morgan fingerprint density at radius 1 is 1.16 bits per heavy atom. The van der Waals surface area contributed by atoms with Crippen molar-refractivity contribution in [2.24, 2.45) is 0 Å². The second-order valence-corrected chi connectivity index (χ2v) is 6.33. The molecule has 0 amide bonds. The van der Waals surface area contributed by atoms with Crippen molar-refractivity contribution in [2.45, 2.75) is 11.1 Å². The number of non-ortho nitro benzene ring substituents is 1. The van der Waals surface area contributed by atoms with Crippen LogP contribution in [0.1, 0.15) is 0 Å². The predicted octanol–water partition coefficient (Wildman–Crippen LogP) is 2.73. The number of nitro benzene ring substituents is 1. The molecule has 2 rings (SSSR count). The van der Waals surface area contributed by atoms with E-state index in [1.807, 2.05) is 0 Å². The maximum Gasteiger partial charge on any atom is 0.422 e. The van der Waals surface area contributed by atoms with Gasteiger partial charge in [-0.05, 0) is 18.2 Å². The van der Waals surface area contributed by atoms with E-state index >= 15 is 0 Å². The zero-order valence-corrected chi connectivity index (χ0v) is 13.0. The van der Waals surface area contributed by atoms with Crippen molar-refractivity contribution in [3.8, 4) is 5.88 Å². The first-order valence-electron chi connectivity index (χ1n) is 6.50. The molecule has 0 aliphatic heterocycles. The van der Waals surface area contributed by atoms with E-state index in [1.54, 1.807) is 0 Å². The molecule has 1 aromatic heterocycles. The molecule has 0 aliphatic rings. The zero-order chi connectivity index (χ0) is 18.7. The van der Waals surface area contributed by atoms with E-state index in [-0.39, 0.29) is 22.2 Å². The zero-order valence-electron chi connectivity index (χ0n) is 12.2. The molecule has 1 heterocycles. The Morgan fingerprint density at radius 2 is 1.80 bits per heavy atom. The van der Waals surface area contributed by atoms with Gasteiger partial charge >= 0.3 is 6.18 Å². The number of sulfonamides is 1. The second-order valence-electron chi connectivity index (χ2n) is 4.65. The molecule has 1 aromatic carbocycles. The standard InChI is InChI=1S/C13H10F3N3O5S/c14-13(15,16)8-24-12-6-1-9(7-17-12)18-25(22,23)11-4-2-10(3-5-11)19(20)21/h1-7,18H,8H2. The topological polar surface area (TPSA) is 111 Å². The lowest BCUT2D eigenvalue weighted by atomic mass is 10.3. The molecule has 0 aliphatic carbocycles. The molecular weight excluding hydrogens is 367 g/mol. The molecule has 134 valence electrons. The van der Waals surface area contributed by atoms with Crippen LogP contribution < -0.4 is 9.46 Å². The maximum atomic E-state index is 12.1. The fraction of sp³-hybridized carbons (Fsp3) is 0.154. The number of aromatic nitrogens is 1. The fourth-order valence-corrected chi connectivity index (χ4v) is 2.69. The summed E-state index contributed by atoms with van der Waals surface area (Å²) in [6.07, 6.45) is -3.54. The molecule has 0 spiro atoms. The number of nitrogens with one attached hydrogen (secondary N) is 1. The summed E-state index contributed by atoms with van der Waals surface area (Å²) in [5.74, 6) is -0.324. The summed E-state index contributed by atoms with van der Waals surface area (Å²) in [5.41, 5.74) is -0.288. The van der Waals surface area contributed by atoms with E-state index in [2.05, 4.69) is 14.4 Å². The molecule has 0 saturated heterocycles. The van der Waals surface area contributed by atoms with E-state index in [0.717, 1.165) is 36.5 Å². The Morgan fingerprint density at radius 3 is 2.28 bits per heavy atom. The molecule has 0 unspecified atom stereocenters. The van der Waals surface area contributed by atoms with Crippen LogP contribution in [0.4, 0.5) is 24.5 Å². The Balaban J connectivity index is 2.08. The van der Waals surface area contributed by atoms with Crippen LogP contribution in [0.15, 0.2) is 47.5 Å². The molecule has 2 aromatic rings. The molecule has 0 fully saturated rings. The van der Waals surface area contributed by atoms with E-state index in [0.29, 0.717) is 0 Å². The summed E-state index contributed by atoms with van der Waals surface area (Å²) in [6, 6.07) is 6.40. The molecule has 12 heteroatoms. The highest BCUT2D eigenvalue weighted by Gasteiger charge is 2.28. The van der Waals surface area contributed by atoms with Gasteiger partial charge in [-0.3, -0.25) is 14.8 Å². The summed E-state index contributed by atoms with van der Waals surface area (Å²) < 4.78 is 66.9. The largest absolute Gasteiger partial charge is 0.468 e. The third-order valence-corrected chi connectivity index (χ3v) is 4.13. The molecule has 0 atom stereocenters. The summed E-state index contributed by atoms with van der Waals surface area (Å²) in [6.45, 7) is -1.52. The molecule has 8 nitrogen and oxygen atoms in total.